The van der Waals surface area contributed by atoms with Gasteiger partial charge in [-0.15, -0.1) is 0 Å². The van der Waals surface area contributed by atoms with E-state index < -0.39 is 5.60 Å². The van der Waals surface area contributed by atoms with E-state index >= 15 is 0 Å². The minimum absolute atomic E-state index is 0.0594. The molecule has 1 saturated heterocycles. The fourth-order valence-electron chi connectivity index (χ4n) is 7.45. The molecule has 5 fully saturated rings. The predicted octanol–water partition coefficient (Wildman–Crippen LogP) is 4.44. The Labute approximate surface area is 196 Å². The minimum atomic E-state index is -0.472. The summed E-state index contributed by atoms with van der Waals surface area (Å²) in [6.07, 6.45) is 7.15. The van der Waals surface area contributed by atoms with Crippen LogP contribution in [0.25, 0.3) is 0 Å². The summed E-state index contributed by atoms with van der Waals surface area (Å²) in [4.78, 5) is 20.2. The highest BCUT2D eigenvalue weighted by molar-refractivity contribution is 5.93. The molecule has 2 heterocycles. The first kappa shape index (κ1) is 21.2. The molecule has 174 valence electrons. The SMILES string of the molecule is Cc1ccc(C2CCN(c3cccc(C(=O)NC4C5CC6CC4CC(O)(C6)C5)n3)CC2)cc1. The number of carbonyl (C=O) groups excluding carboxylic acids is 1. The van der Waals surface area contributed by atoms with E-state index in [0.717, 1.165) is 63.9 Å². The van der Waals surface area contributed by atoms with Crippen molar-refractivity contribution < 1.29 is 9.90 Å². The number of piperidine rings is 1. The molecule has 1 aromatic carbocycles. The van der Waals surface area contributed by atoms with Crippen LogP contribution in [0, 0.1) is 24.7 Å². The third kappa shape index (κ3) is 4.05. The Kier molecular flexibility index (Phi) is 5.21. The van der Waals surface area contributed by atoms with Crippen LogP contribution >= 0.6 is 0 Å². The van der Waals surface area contributed by atoms with Gasteiger partial charge in [-0.05, 0) is 93.2 Å². The summed E-state index contributed by atoms with van der Waals surface area (Å²) in [5.41, 5.74) is 2.78. The number of pyridine rings is 1. The summed E-state index contributed by atoms with van der Waals surface area (Å²) in [5.74, 6) is 2.91. The van der Waals surface area contributed by atoms with Crippen LogP contribution in [0.2, 0.25) is 0 Å². The number of anilines is 1. The van der Waals surface area contributed by atoms with Crippen LogP contribution in [0.15, 0.2) is 42.5 Å². The number of carbonyl (C=O) groups is 1. The number of aliphatic hydroxyl groups is 1. The quantitative estimate of drug-likeness (QED) is 0.730. The van der Waals surface area contributed by atoms with E-state index in [1.165, 1.54) is 11.1 Å². The number of aryl methyl sites for hydroxylation is 1. The first-order chi connectivity index (χ1) is 16.0. The molecule has 4 aliphatic carbocycles. The lowest BCUT2D eigenvalue weighted by Gasteiger charge is -2.58. The number of nitrogens with one attached hydrogen (secondary N) is 1. The maximum absolute atomic E-state index is 13.2. The van der Waals surface area contributed by atoms with Gasteiger partial charge < -0.3 is 15.3 Å². The highest BCUT2D eigenvalue weighted by atomic mass is 16.3. The number of hydrogen-bond donors (Lipinski definition) is 2. The first-order valence-corrected chi connectivity index (χ1v) is 12.8. The molecule has 1 amide bonds. The van der Waals surface area contributed by atoms with E-state index in [2.05, 4.69) is 41.4 Å². The Balaban J connectivity index is 1.10. The smallest absolute Gasteiger partial charge is 0.270 e. The van der Waals surface area contributed by atoms with Crippen LogP contribution in [0.5, 0.6) is 0 Å². The van der Waals surface area contributed by atoms with Gasteiger partial charge in [0.05, 0.1) is 5.60 Å². The monoisotopic (exact) mass is 445 g/mol. The van der Waals surface area contributed by atoms with Crippen LogP contribution < -0.4 is 10.2 Å². The Morgan fingerprint density at radius 1 is 1.03 bits per heavy atom. The average molecular weight is 446 g/mol. The van der Waals surface area contributed by atoms with Crippen molar-refractivity contribution in [3.63, 3.8) is 0 Å². The Morgan fingerprint density at radius 2 is 1.73 bits per heavy atom. The zero-order valence-corrected chi connectivity index (χ0v) is 19.5. The van der Waals surface area contributed by atoms with Crippen LogP contribution in [0.4, 0.5) is 5.82 Å². The zero-order valence-electron chi connectivity index (χ0n) is 19.5. The molecule has 5 aliphatic rings. The summed E-state index contributed by atoms with van der Waals surface area (Å²) in [6, 6.07) is 14.9. The minimum Gasteiger partial charge on any atom is -0.390 e. The van der Waals surface area contributed by atoms with Crippen molar-refractivity contribution in [3.05, 3.63) is 59.3 Å². The molecule has 5 nitrogen and oxygen atoms in total. The van der Waals surface area contributed by atoms with Crippen LogP contribution in [-0.2, 0) is 0 Å². The summed E-state index contributed by atoms with van der Waals surface area (Å²) >= 11 is 0. The molecular formula is C28H35N3O2. The normalized spacial score (nSPS) is 33.3. The molecule has 1 aromatic heterocycles. The fraction of sp³-hybridized carbons (Fsp3) is 0.571. The molecule has 4 bridgehead atoms. The highest BCUT2D eigenvalue weighted by Gasteiger charge is 2.55. The molecule has 0 radical (unpaired) electrons. The molecule has 7 rings (SSSR count). The summed E-state index contributed by atoms with van der Waals surface area (Å²) in [5, 5.41) is 14.2. The van der Waals surface area contributed by atoms with Crippen molar-refractivity contribution in [2.24, 2.45) is 17.8 Å². The van der Waals surface area contributed by atoms with Crippen molar-refractivity contribution in [3.8, 4) is 0 Å². The topological polar surface area (TPSA) is 65.5 Å². The van der Waals surface area contributed by atoms with Gasteiger partial charge in [0, 0.05) is 19.1 Å². The first-order valence-electron chi connectivity index (χ1n) is 12.8. The van der Waals surface area contributed by atoms with Gasteiger partial charge in [-0.3, -0.25) is 4.79 Å². The summed E-state index contributed by atoms with van der Waals surface area (Å²) in [7, 11) is 0. The van der Waals surface area contributed by atoms with Crippen molar-refractivity contribution >= 4 is 11.7 Å². The summed E-state index contributed by atoms with van der Waals surface area (Å²) < 4.78 is 0. The highest BCUT2D eigenvalue weighted by Crippen LogP contribution is 2.55. The average Bonchev–Trinajstić information content (AvgIpc) is 2.81. The lowest BCUT2D eigenvalue weighted by molar-refractivity contribution is -0.136. The second kappa shape index (κ2) is 8.12. The van der Waals surface area contributed by atoms with E-state index in [1.54, 1.807) is 0 Å². The maximum atomic E-state index is 13.2. The lowest BCUT2D eigenvalue weighted by atomic mass is 9.52. The van der Waals surface area contributed by atoms with Gasteiger partial charge in [-0.25, -0.2) is 4.98 Å². The Hall–Kier alpha value is -2.40. The fourth-order valence-corrected chi connectivity index (χ4v) is 7.45. The molecule has 33 heavy (non-hydrogen) atoms. The number of benzene rings is 1. The van der Waals surface area contributed by atoms with Gasteiger partial charge in [0.15, 0.2) is 0 Å². The van der Waals surface area contributed by atoms with Gasteiger partial charge >= 0.3 is 0 Å². The van der Waals surface area contributed by atoms with E-state index in [0.29, 0.717) is 29.4 Å². The molecule has 2 atom stereocenters. The van der Waals surface area contributed by atoms with E-state index in [-0.39, 0.29) is 11.9 Å². The third-order valence-corrected chi connectivity index (χ3v) is 8.87. The summed E-state index contributed by atoms with van der Waals surface area (Å²) in [6.45, 7) is 4.06. The lowest BCUT2D eigenvalue weighted by Crippen LogP contribution is -2.61. The van der Waals surface area contributed by atoms with Crippen molar-refractivity contribution in [1.29, 1.82) is 0 Å². The molecular weight excluding hydrogens is 410 g/mol. The van der Waals surface area contributed by atoms with Gasteiger partial charge in [0.1, 0.15) is 11.5 Å². The molecule has 2 aromatic rings. The molecule has 2 unspecified atom stereocenters. The molecule has 0 spiro atoms. The number of aromatic nitrogens is 1. The van der Waals surface area contributed by atoms with Gasteiger partial charge in [0.2, 0.25) is 0 Å². The van der Waals surface area contributed by atoms with Crippen molar-refractivity contribution in [2.45, 2.75) is 69.4 Å². The largest absolute Gasteiger partial charge is 0.390 e. The second-order valence-corrected chi connectivity index (χ2v) is 11.2. The molecule has 5 heteroatoms. The van der Waals surface area contributed by atoms with Crippen LogP contribution in [-0.4, -0.2) is 40.7 Å². The maximum Gasteiger partial charge on any atom is 0.270 e. The van der Waals surface area contributed by atoms with Crippen molar-refractivity contribution in [2.75, 3.05) is 18.0 Å². The number of nitrogens with zero attached hydrogens (tertiary/aromatic N) is 2. The number of hydrogen-bond acceptors (Lipinski definition) is 4. The van der Waals surface area contributed by atoms with E-state index in [1.807, 2.05) is 18.2 Å². The Morgan fingerprint density at radius 3 is 2.39 bits per heavy atom. The van der Waals surface area contributed by atoms with Crippen LogP contribution in [0.1, 0.15) is 72.5 Å². The standard InChI is InChI=1S/C28H35N3O2/c1-18-5-7-20(8-6-18)21-9-11-31(12-10-21)25-4-2-3-24(29-25)27(32)30-26-22-13-19-14-23(26)17-28(33,15-19)16-22/h2-8,19,21-23,26,33H,9-17H2,1H3,(H,30,32). The van der Waals surface area contributed by atoms with Gasteiger partial charge in [0.25, 0.3) is 5.91 Å². The second-order valence-electron chi connectivity index (χ2n) is 11.2. The van der Waals surface area contributed by atoms with Crippen LogP contribution in [0.3, 0.4) is 0 Å². The molecule has 1 aliphatic heterocycles. The number of rotatable bonds is 4. The predicted molar refractivity (Wildman–Crippen MR) is 129 cm³/mol. The van der Waals surface area contributed by atoms with Gasteiger partial charge in [-0.1, -0.05) is 35.9 Å². The Bertz CT molecular complexity index is 1010. The molecule has 4 saturated carbocycles. The number of amides is 1. The van der Waals surface area contributed by atoms with Crippen molar-refractivity contribution in [1.82, 2.24) is 10.3 Å². The van der Waals surface area contributed by atoms with Gasteiger partial charge in [-0.2, -0.15) is 0 Å². The molecule has 2 N–H and O–H groups in total. The zero-order chi connectivity index (χ0) is 22.6. The third-order valence-electron chi connectivity index (χ3n) is 8.87. The van der Waals surface area contributed by atoms with E-state index in [9.17, 15) is 9.90 Å². The van der Waals surface area contributed by atoms with E-state index in [4.69, 9.17) is 4.98 Å².